The van der Waals surface area contributed by atoms with Gasteiger partial charge in [-0.2, -0.15) is 0 Å². The van der Waals surface area contributed by atoms with Crippen LogP contribution in [0.15, 0.2) is 170 Å². The third-order valence-electron chi connectivity index (χ3n) is 8.32. The number of fused-ring (bicyclic) bond motifs is 1. The molecule has 2 heteroatoms. The lowest BCUT2D eigenvalue weighted by atomic mass is 10.0. The first-order valence-electron chi connectivity index (χ1n) is 15.9. The highest BCUT2D eigenvalue weighted by Gasteiger charge is 2.15. The molecule has 0 aromatic heterocycles. The second-order valence-electron chi connectivity index (χ2n) is 11.4. The summed E-state index contributed by atoms with van der Waals surface area (Å²) >= 11 is 0. The molecule has 0 aliphatic rings. The largest absolute Gasteiger partial charge is 0.497 e. The summed E-state index contributed by atoms with van der Waals surface area (Å²) in [5.41, 5.74) is 11.0. The Morgan fingerprint density at radius 2 is 0.978 bits per heavy atom. The van der Waals surface area contributed by atoms with Crippen LogP contribution >= 0.6 is 0 Å². The average molecular weight is 598 g/mol. The lowest BCUT2D eigenvalue weighted by Gasteiger charge is -2.27. The van der Waals surface area contributed by atoms with Crippen molar-refractivity contribution < 1.29 is 4.74 Å². The summed E-state index contributed by atoms with van der Waals surface area (Å²) in [6, 6.07) is 60.3. The molecule has 0 atom stereocenters. The van der Waals surface area contributed by atoms with Gasteiger partial charge in [0.05, 0.1) is 12.8 Å². The maximum Gasteiger partial charge on any atom is 0.118 e. The van der Waals surface area contributed by atoms with E-state index in [1.807, 2.05) is 12.1 Å². The number of ether oxygens (including phenoxy) is 1. The van der Waals surface area contributed by atoms with Crippen LogP contribution in [0.1, 0.15) is 18.1 Å². The molecule has 0 fully saturated rings. The maximum absolute atomic E-state index is 5.01. The summed E-state index contributed by atoms with van der Waals surface area (Å²) in [7, 11) is 1.68. The Balaban J connectivity index is 0.000000319. The Labute approximate surface area is 273 Å². The zero-order valence-electron chi connectivity index (χ0n) is 26.7. The molecule has 0 saturated carbocycles. The van der Waals surface area contributed by atoms with Crippen LogP contribution < -0.4 is 9.64 Å². The smallest absolute Gasteiger partial charge is 0.118 e. The highest BCUT2D eigenvalue weighted by atomic mass is 16.5. The van der Waals surface area contributed by atoms with Gasteiger partial charge in [-0.1, -0.05) is 140 Å². The Bertz CT molecular complexity index is 1950. The molecule has 7 aromatic carbocycles. The standard InChI is InChI=1S/C35H27N.C9H12O/c1-26-14-16-28(17-15-26)30-20-24-33(25-21-30)36(35-13-7-11-31-10-5-6-12-34(31)35)32-22-18-29(19-23-32)27-8-3-2-4-9-27;1-3-8-4-6-9(10-2)7-5-8/h2-25H,1H3;4-7H,3H2,1-2H3. The van der Waals surface area contributed by atoms with Gasteiger partial charge in [0.25, 0.3) is 0 Å². The van der Waals surface area contributed by atoms with Gasteiger partial charge in [-0.05, 0) is 89.0 Å². The zero-order valence-corrected chi connectivity index (χ0v) is 26.7. The number of rotatable bonds is 7. The molecule has 0 aliphatic carbocycles. The van der Waals surface area contributed by atoms with E-state index in [0.29, 0.717) is 0 Å². The number of aryl methyl sites for hydroxylation is 2. The third kappa shape index (κ3) is 7.03. The van der Waals surface area contributed by atoms with E-state index in [4.69, 9.17) is 4.74 Å². The second-order valence-corrected chi connectivity index (χ2v) is 11.4. The molecule has 0 heterocycles. The van der Waals surface area contributed by atoms with Crippen LogP contribution in [0.2, 0.25) is 0 Å². The maximum atomic E-state index is 5.01. The lowest BCUT2D eigenvalue weighted by molar-refractivity contribution is 0.414. The van der Waals surface area contributed by atoms with E-state index in [-0.39, 0.29) is 0 Å². The molecule has 46 heavy (non-hydrogen) atoms. The van der Waals surface area contributed by atoms with E-state index in [2.05, 4.69) is 176 Å². The average Bonchev–Trinajstić information content (AvgIpc) is 3.13. The number of anilines is 3. The summed E-state index contributed by atoms with van der Waals surface area (Å²) < 4.78 is 5.01. The molecule has 0 amide bonds. The van der Waals surface area contributed by atoms with Crippen molar-refractivity contribution in [1.82, 2.24) is 0 Å². The topological polar surface area (TPSA) is 12.5 Å². The SMILES string of the molecule is CCc1ccc(OC)cc1.Cc1ccc(-c2ccc(N(c3ccc(-c4ccccc4)cc3)c3cccc4ccccc34)cc2)cc1. The second kappa shape index (κ2) is 14.5. The van der Waals surface area contributed by atoms with E-state index in [9.17, 15) is 0 Å². The van der Waals surface area contributed by atoms with Crippen molar-refractivity contribution in [3.8, 4) is 28.0 Å². The van der Waals surface area contributed by atoms with Gasteiger partial charge in [-0.25, -0.2) is 0 Å². The summed E-state index contributed by atoms with van der Waals surface area (Å²) in [6.07, 6.45) is 1.09. The summed E-state index contributed by atoms with van der Waals surface area (Å²) in [4.78, 5) is 2.36. The number of hydrogen-bond donors (Lipinski definition) is 0. The minimum atomic E-state index is 0.928. The molecule has 0 radical (unpaired) electrons. The number of benzene rings is 7. The minimum Gasteiger partial charge on any atom is -0.497 e. The highest BCUT2D eigenvalue weighted by molar-refractivity contribution is 5.99. The van der Waals surface area contributed by atoms with Crippen LogP contribution in [0.25, 0.3) is 33.0 Å². The van der Waals surface area contributed by atoms with Crippen molar-refractivity contribution in [1.29, 1.82) is 0 Å². The van der Waals surface area contributed by atoms with E-state index < -0.39 is 0 Å². The molecule has 0 bridgehead atoms. The first-order chi connectivity index (χ1) is 22.6. The van der Waals surface area contributed by atoms with Gasteiger partial charge in [-0.15, -0.1) is 0 Å². The number of methoxy groups -OCH3 is 1. The van der Waals surface area contributed by atoms with Gasteiger partial charge in [0.15, 0.2) is 0 Å². The highest BCUT2D eigenvalue weighted by Crippen LogP contribution is 2.40. The molecule has 226 valence electrons. The predicted molar refractivity (Wildman–Crippen MR) is 197 cm³/mol. The van der Waals surface area contributed by atoms with Crippen LogP contribution in [-0.2, 0) is 6.42 Å². The van der Waals surface area contributed by atoms with Crippen molar-refractivity contribution >= 4 is 27.8 Å². The first kappa shape index (κ1) is 30.4. The fourth-order valence-corrected chi connectivity index (χ4v) is 5.67. The van der Waals surface area contributed by atoms with Crippen LogP contribution in [0.3, 0.4) is 0 Å². The molecule has 0 spiro atoms. The Kier molecular flexibility index (Phi) is 9.56. The van der Waals surface area contributed by atoms with Crippen molar-refractivity contribution in [3.63, 3.8) is 0 Å². The molecule has 0 aliphatic heterocycles. The minimum absolute atomic E-state index is 0.928. The monoisotopic (exact) mass is 597 g/mol. The summed E-state index contributed by atoms with van der Waals surface area (Å²) in [6.45, 7) is 4.26. The lowest BCUT2D eigenvalue weighted by Crippen LogP contribution is -2.10. The summed E-state index contributed by atoms with van der Waals surface area (Å²) in [5, 5.41) is 2.46. The molecular weight excluding hydrogens is 558 g/mol. The van der Waals surface area contributed by atoms with Gasteiger partial charge < -0.3 is 9.64 Å². The van der Waals surface area contributed by atoms with E-state index in [1.165, 1.54) is 49.8 Å². The molecule has 0 unspecified atom stereocenters. The van der Waals surface area contributed by atoms with Gasteiger partial charge >= 0.3 is 0 Å². The van der Waals surface area contributed by atoms with Crippen LogP contribution in [0.4, 0.5) is 17.1 Å². The van der Waals surface area contributed by atoms with Gasteiger partial charge in [0, 0.05) is 16.8 Å². The fourth-order valence-electron chi connectivity index (χ4n) is 5.67. The van der Waals surface area contributed by atoms with Crippen molar-refractivity contribution in [2.75, 3.05) is 12.0 Å². The van der Waals surface area contributed by atoms with E-state index >= 15 is 0 Å². The molecule has 2 nitrogen and oxygen atoms in total. The van der Waals surface area contributed by atoms with E-state index in [1.54, 1.807) is 7.11 Å². The Morgan fingerprint density at radius 3 is 1.54 bits per heavy atom. The first-order valence-corrected chi connectivity index (χ1v) is 15.9. The predicted octanol–water partition coefficient (Wildman–Crippen LogP) is 12.2. The third-order valence-corrected chi connectivity index (χ3v) is 8.32. The van der Waals surface area contributed by atoms with Crippen molar-refractivity contribution in [3.05, 3.63) is 181 Å². The number of nitrogens with zero attached hydrogens (tertiary/aromatic N) is 1. The zero-order chi connectivity index (χ0) is 31.7. The molecule has 7 rings (SSSR count). The fraction of sp³-hybridized carbons (Fsp3) is 0.0909. The van der Waals surface area contributed by atoms with Gasteiger partial charge in [-0.3, -0.25) is 0 Å². The summed E-state index contributed by atoms with van der Waals surface area (Å²) in [5.74, 6) is 0.928. The van der Waals surface area contributed by atoms with E-state index in [0.717, 1.165) is 23.5 Å². The van der Waals surface area contributed by atoms with Crippen LogP contribution in [-0.4, -0.2) is 7.11 Å². The quantitative estimate of drug-likeness (QED) is 0.181. The molecule has 0 saturated heterocycles. The van der Waals surface area contributed by atoms with Gasteiger partial charge in [0.1, 0.15) is 5.75 Å². The van der Waals surface area contributed by atoms with Crippen LogP contribution in [0.5, 0.6) is 5.75 Å². The van der Waals surface area contributed by atoms with Crippen LogP contribution in [0, 0.1) is 6.92 Å². The number of hydrogen-bond acceptors (Lipinski definition) is 2. The Morgan fingerprint density at radius 1 is 0.478 bits per heavy atom. The van der Waals surface area contributed by atoms with Gasteiger partial charge in [0.2, 0.25) is 0 Å². The normalized spacial score (nSPS) is 10.6. The van der Waals surface area contributed by atoms with Crippen molar-refractivity contribution in [2.45, 2.75) is 20.3 Å². The molecular formula is C44H39NO. The molecule has 0 N–H and O–H groups in total. The Hall–Kier alpha value is -5.60. The molecule has 7 aromatic rings. The van der Waals surface area contributed by atoms with Crippen molar-refractivity contribution in [2.24, 2.45) is 0 Å².